The highest BCUT2D eigenvalue weighted by molar-refractivity contribution is 8.72. The number of nitrogens with one attached hydrogen (secondary N) is 1. The molecule has 0 radical (unpaired) electrons. The first kappa shape index (κ1) is 14.1. The summed E-state index contributed by atoms with van der Waals surface area (Å²) in [5, 5.41) is 2.59. The second-order valence-corrected chi connectivity index (χ2v) is 7.53. The summed E-state index contributed by atoms with van der Waals surface area (Å²) in [7, 11) is -2.33. The van der Waals surface area contributed by atoms with Crippen LogP contribution in [0.1, 0.15) is 20.3 Å². The van der Waals surface area contributed by atoms with Crippen molar-refractivity contribution in [2.45, 2.75) is 25.2 Å². The molecule has 0 bridgehead atoms. The Labute approximate surface area is 105 Å². The van der Waals surface area contributed by atoms with Crippen LogP contribution < -0.4 is 5.32 Å². The Morgan fingerprint density at radius 1 is 1.29 bits per heavy atom. The van der Waals surface area contributed by atoms with Crippen LogP contribution in [0, 0.1) is 0 Å². The van der Waals surface area contributed by atoms with Crippen LogP contribution in [0.2, 0.25) is 0 Å². The Kier molecular flexibility index (Phi) is 5.02. The molecule has 0 aliphatic carbocycles. The molecule has 0 atom stereocenters. The van der Waals surface area contributed by atoms with E-state index in [1.54, 1.807) is 12.1 Å². The molecule has 1 aromatic rings. The molecule has 4 nitrogen and oxygen atoms in total. The van der Waals surface area contributed by atoms with Gasteiger partial charge in [0.2, 0.25) is 14.8 Å². The molecule has 0 unspecified atom stereocenters. The Balaban J connectivity index is 2.83. The number of hydrogen-bond donors (Lipinski definition) is 1. The van der Waals surface area contributed by atoms with E-state index in [0.29, 0.717) is 11.4 Å². The molecule has 6 heteroatoms. The summed E-state index contributed by atoms with van der Waals surface area (Å²) in [6, 6.07) is 6.17. The monoisotopic (exact) mass is 273 g/mol. The lowest BCUT2D eigenvalue weighted by atomic mass is 10.3. The maximum atomic E-state index is 11.8. The predicted octanol–water partition coefficient (Wildman–Crippen LogP) is 2.48. The van der Waals surface area contributed by atoms with Crippen LogP contribution in [0.5, 0.6) is 0 Å². The standard InChI is InChI=1S/C11H15NO3S2/c1-3-8-16-17(14,15)11-6-4-10(5-7-11)12-9(2)13/h4-7H,3,8H2,1-2H3,(H,12,13). The van der Waals surface area contributed by atoms with Gasteiger partial charge < -0.3 is 5.32 Å². The van der Waals surface area contributed by atoms with Crippen molar-refractivity contribution in [1.29, 1.82) is 0 Å². The Bertz CT molecular complexity index is 480. The van der Waals surface area contributed by atoms with E-state index in [1.807, 2.05) is 6.92 Å². The quantitative estimate of drug-likeness (QED) is 0.837. The lowest BCUT2D eigenvalue weighted by Crippen LogP contribution is -2.05. The zero-order valence-electron chi connectivity index (χ0n) is 9.76. The molecule has 17 heavy (non-hydrogen) atoms. The third-order valence-electron chi connectivity index (χ3n) is 1.91. The summed E-state index contributed by atoms with van der Waals surface area (Å²) in [4.78, 5) is 11.1. The first-order valence-corrected chi connectivity index (χ1v) is 8.21. The van der Waals surface area contributed by atoms with Gasteiger partial charge in [-0.1, -0.05) is 6.92 Å². The molecule has 0 fully saturated rings. The highest BCUT2D eigenvalue weighted by Gasteiger charge is 2.14. The van der Waals surface area contributed by atoms with Gasteiger partial charge in [0, 0.05) is 18.4 Å². The summed E-state index contributed by atoms with van der Waals surface area (Å²) >= 11 is 0. The third kappa shape index (κ3) is 4.40. The SMILES string of the molecule is CCCSS(=O)(=O)c1ccc(NC(C)=O)cc1. The molecule has 0 aliphatic rings. The van der Waals surface area contributed by atoms with Gasteiger partial charge in [-0.25, -0.2) is 8.42 Å². The van der Waals surface area contributed by atoms with E-state index in [2.05, 4.69) is 5.32 Å². The van der Waals surface area contributed by atoms with Gasteiger partial charge in [0.15, 0.2) is 0 Å². The van der Waals surface area contributed by atoms with Crippen molar-refractivity contribution in [2.24, 2.45) is 0 Å². The Hall–Kier alpha value is -1.01. The predicted molar refractivity (Wildman–Crippen MR) is 70.7 cm³/mol. The maximum absolute atomic E-state index is 11.8. The van der Waals surface area contributed by atoms with E-state index in [4.69, 9.17) is 0 Å². The molecule has 0 saturated heterocycles. The molecular weight excluding hydrogens is 258 g/mol. The zero-order valence-corrected chi connectivity index (χ0v) is 11.4. The number of anilines is 1. The van der Waals surface area contributed by atoms with E-state index in [0.717, 1.165) is 17.2 Å². The van der Waals surface area contributed by atoms with Crippen molar-refractivity contribution in [3.8, 4) is 0 Å². The van der Waals surface area contributed by atoms with Crippen molar-refractivity contribution < 1.29 is 13.2 Å². The number of carbonyl (C=O) groups is 1. The normalized spacial score (nSPS) is 11.2. The molecule has 0 aromatic heterocycles. The van der Waals surface area contributed by atoms with Crippen LogP contribution in [0.3, 0.4) is 0 Å². The van der Waals surface area contributed by atoms with Gasteiger partial charge >= 0.3 is 0 Å². The summed E-state index contributed by atoms with van der Waals surface area (Å²) in [6.07, 6.45) is 0.813. The summed E-state index contributed by atoms with van der Waals surface area (Å²) in [6.45, 7) is 3.34. The average Bonchev–Trinajstić information content (AvgIpc) is 2.26. The minimum atomic E-state index is -3.26. The molecule has 1 N–H and O–H groups in total. The van der Waals surface area contributed by atoms with Gasteiger partial charge in [0.05, 0.1) is 4.90 Å². The van der Waals surface area contributed by atoms with E-state index < -0.39 is 8.87 Å². The number of amides is 1. The number of carbonyl (C=O) groups excluding carboxylic acids is 1. The third-order valence-corrected chi connectivity index (χ3v) is 5.65. The maximum Gasteiger partial charge on any atom is 0.229 e. The second-order valence-electron chi connectivity index (χ2n) is 3.48. The number of hydrogen-bond acceptors (Lipinski definition) is 4. The molecule has 0 spiro atoms. The molecule has 94 valence electrons. The van der Waals surface area contributed by atoms with Crippen molar-refractivity contribution in [1.82, 2.24) is 0 Å². The number of rotatable bonds is 5. The van der Waals surface area contributed by atoms with E-state index >= 15 is 0 Å². The van der Waals surface area contributed by atoms with Crippen molar-refractivity contribution in [3.63, 3.8) is 0 Å². The van der Waals surface area contributed by atoms with Crippen LogP contribution in [0.25, 0.3) is 0 Å². The summed E-state index contributed by atoms with van der Waals surface area (Å²) in [5.41, 5.74) is 0.594. The van der Waals surface area contributed by atoms with Gasteiger partial charge in [-0.3, -0.25) is 4.79 Å². The van der Waals surface area contributed by atoms with Crippen LogP contribution >= 0.6 is 10.8 Å². The van der Waals surface area contributed by atoms with Gasteiger partial charge in [-0.15, -0.1) is 0 Å². The lowest BCUT2D eigenvalue weighted by Gasteiger charge is -2.05. The first-order valence-electron chi connectivity index (χ1n) is 5.23. The molecule has 1 aromatic carbocycles. The minimum absolute atomic E-state index is 0.180. The Morgan fingerprint density at radius 3 is 2.35 bits per heavy atom. The fourth-order valence-corrected chi connectivity index (χ4v) is 4.06. The second kappa shape index (κ2) is 6.07. The smallest absolute Gasteiger partial charge is 0.229 e. The average molecular weight is 273 g/mol. The topological polar surface area (TPSA) is 63.2 Å². The largest absolute Gasteiger partial charge is 0.326 e. The molecule has 1 amide bonds. The van der Waals surface area contributed by atoms with Crippen LogP contribution in [-0.4, -0.2) is 20.1 Å². The highest BCUT2D eigenvalue weighted by atomic mass is 33.1. The molecule has 0 aliphatic heterocycles. The molecular formula is C11H15NO3S2. The zero-order chi connectivity index (χ0) is 12.9. The van der Waals surface area contributed by atoms with Crippen molar-refractivity contribution in [2.75, 3.05) is 11.1 Å². The number of benzene rings is 1. The minimum Gasteiger partial charge on any atom is -0.326 e. The first-order chi connectivity index (χ1) is 7.95. The fraction of sp³-hybridized carbons (Fsp3) is 0.364. The molecule has 0 heterocycles. The van der Waals surface area contributed by atoms with E-state index in [-0.39, 0.29) is 10.8 Å². The van der Waals surface area contributed by atoms with Gasteiger partial charge in [0.1, 0.15) is 0 Å². The van der Waals surface area contributed by atoms with Gasteiger partial charge in [-0.2, -0.15) is 0 Å². The van der Waals surface area contributed by atoms with Crippen molar-refractivity contribution >= 4 is 31.3 Å². The lowest BCUT2D eigenvalue weighted by molar-refractivity contribution is -0.114. The molecule has 0 saturated carbocycles. The Morgan fingerprint density at radius 2 is 1.88 bits per heavy atom. The highest BCUT2D eigenvalue weighted by Crippen LogP contribution is 2.24. The summed E-state index contributed by atoms with van der Waals surface area (Å²) in [5.74, 6) is 0.399. The fourth-order valence-electron chi connectivity index (χ4n) is 1.17. The van der Waals surface area contributed by atoms with Crippen LogP contribution in [0.15, 0.2) is 29.2 Å². The van der Waals surface area contributed by atoms with Crippen LogP contribution in [-0.2, 0) is 13.7 Å². The summed E-state index contributed by atoms with van der Waals surface area (Å²) < 4.78 is 23.6. The van der Waals surface area contributed by atoms with Crippen LogP contribution in [0.4, 0.5) is 5.69 Å². The molecule has 1 rings (SSSR count). The van der Waals surface area contributed by atoms with Gasteiger partial charge in [0.25, 0.3) is 0 Å². The van der Waals surface area contributed by atoms with E-state index in [9.17, 15) is 13.2 Å². The van der Waals surface area contributed by atoms with E-state index in [1.165, 1.54) is 19.1 Å². The van der Waals surface area contributed by atoms with Crippen molar-refractivity contribution in [3.05, 3.63) is 24.3 Å². The van der Waals surface area contributed by atoms with Gasteiger partial charge in [-0.05, 0) is 41.5 Å².